The van der Waals surface area contributed by atoms with Crippen LogP contribution < -0.4 is 5.32 Å². The van der Waals surface area contributed by atoms with E-state index in [0.29, 0.717) is 0 Å². The lowest BCUT2D eigenvalue weighted by Crippen LogP contribution is -2.24. The Morgan fingerprint density at radius 1 is 1.10 bits per heavy atom. The van der Waals surface area contributed by atoms with Gasteiger partial charge in [0.2, 0.25) is 0 Å². The van der Waals surface area contributed by atoms with Gasteiger partial charge >= 0.3 is 0 Å². The van der Waals surface area contributed by atoms with Crippen molar-refractivity contribution in [2.75, 3.05) is 6.54 Å². The van der Waals surface area contributed by atoms with Crippen LogP contribution in [-0.4, -0.2) is 11.5 Å². The zero-order chi connectivity index (χ0) is 15.2. The lowest BCUT2D eigenvalue weighted by Gasteiger charge is -2.19. The zero-order valence-corrected chi connectivity index (χ0v) is 15.5. The molecule has 0 aliphatic rings. The molecule has 0 aliphatic carbocycles. The molecule has 0 spiro atoms. The molecule has 2 aromatic rings. The van der Waals surface area contributed by atoms with Crippen LogP contribution >= 0.6 is 31.9 Å². The third-order valence-corrected chi connectivity index (χ3v) is 4.56. The first kappa shape index (κ1) is 16.7. The number of nitrogens with zero attached hydrogens (tertiary/aromatic N) is 1. The van der Waals surface area contributed by atoms with Gasteiger partial charge in [-0.1, -0.05) is 38.1 Å². The van der Waals surface area contributed by atoms with E-state index >= 15 is 0 Å². The van der Waals surface area contributed by atoms with Gasteiger partial charge in [-0.05, 0) is 68.4 Å². The van der Waals surface area contributed by atoms with Gasteiger partial charge in [-0.3, -0.25) is 4.98 Å². The molecule has 0 radical (unpaired) electrons. The lowest BCUT2D eigenvalue weighted by atomic mass is 10.0. The predicted octanol–water partition coefficient (Wildman–Crippen LogP) is 5.06. The van der Waals surface area contributed by atoms with Crippen molar-refractivity contribution >= 4 is 31.9 Å². The highest BCUT2D eigenvalue weighted by atomic mass is 79.9. The molecule has 1 aromatic carbocycles. The monoisotopic (exact) mass is 410 g/mol. The number of likely N-dealkylation sites (N-methyl/N-ethyl adjacent to an activating group) is 1. The highest BCUT2D eigenvalue weighted by molar-refractivity contribution is 9.11. The number of aryl methyl sites for hydroxylation is 1. The smallest absolute Gasteiger partial charge is 0.0719 e. The minimum Gasteiger partial charge on any atom is -0.309 e. The fourth-order valence-electron chi connectivity index (χ4n) is 2.34. The second-order valence-corrected chi connectivity index (χ2v) is 6.78. The summed E-state index contributed by atoms with van der Waals surface area (Å²) < 4.78 is 2.02. The first-order chi connectivity index (χ1) is 10.1. The van der Waals surface area contributed by atoms with Crippen molar-refractivity contribution in [3.63, 3.8) is 0 Å². The van der Waals surface area contributed by atoms with Crippen LogP contribution in [0.5, 0.6) is 0 Å². The molecule has 112 valence electrons. The number of benzene rings is 1. The number of halogens is 2. The highest BCUT2D eigenvalue weighted by Crippen LogP contribution is 2.27. The predicted molar refractivity (Wildman–Crippen MR) is 95.6 cm³/mol. The lowest BCUT2D eigenvalue weighted by molar-refractivity contribution is 0.534. The third kappa shape index (κ3) is 4.63. The maximum Gasteiger partial charge on any atom is 0.0719 e. The summed E-state index contributed by atoms with van der Waals surface area (Å²) in [6.45, 7) is 5.22. The topological polar surface area (TPSA) is 24.9 Å². The molecule has 1 atom stereocenters. The Hall–Kier alpha value is -0.710. The van der Waals surface area contributed by atoms with Crippen LogP contribution in [0.1, 0.15) is 36.7 Å². The summed E-state index contributed by atoms with van der Waals surface area (Å²) in [6, 6.07) is 11.1. The summed E-state index contributed by atoms with van der Waals surface area (Å²) in [5.41, 5.74) is 3.76. The Morgan fingerprint density at radius 3 is 2.33 bits per heavy atom. The third-order valence-electron chi connectivity index (χ3n) is 3.49. The maximum atomic E-state index is 4.57. The molecule has 1 aromatic heterocycles. The molecule has 0 aliphatic heterocycles. The van der Waals surface area contributed by atoms with E-state index in [1.165, 1.54) is 11.1 Å². The van der Waals surface area contributed by atoms with Crippen LogP contribution in [0.2, 0.25) is 0 Å². The largest absolute Gasteiger partial charge is 0.309 e. The number of hydrogen-bond donors (Lipinski definition) is 1. The van der Waals surface area contributed by atoms with Gasteiger partial charge in [0.05, 0.1) is 11.7 Å². The quantitative estimate of drug-likeness (QED) is 0.718. The van der Waals surface area contributed by atoms with Gasteiger partial charge in [0.15, 0.2) is 0 Å². The van der Waals surface area contributed by atoms with Gasteiger partial charge in [0.1, 0.15) is 0 Å². The molecule has 1 unspecified atom stereocenters. The van der Waals surface area contributed by atoms with E-state index in [4.69, 9.17) is 0 Å². The zero-order valence-electron chi connectivity index (χ0n) is 12.4. The van der Waals surface area contributed by atoms with E-state index < -0.39 is 0 Å². The van der Waals surface area contributed by atoms with Gasteiger partial charge in [0.25, 0.3) is 0 Å². The van der Waals surface area contributed by atoms with Gasteiger partial charge in [-0.2, -0.15) is 0 Å². The minimum atomic E-state index is 0.213. The molecular formula is C17H20Br2N2. The molecule has 0 saturated heterocycles. The van der Waals surface area contributed by atoms with Crippen molar-refractivity contribution in [2.24, 2.45) is 0 Å². The molecule has 4 heteroatoms. The Labute approximate surface area is 143 Å². The van der Waals surface area contributed by atoms with Crippen LogP contribution in [0.15, 0.2) is 45.5 Å². The summed E-state index contributed by atoms with van der Waals surface area (Å²) >= 11 is 7.08. The molecule has 2 rings (SSSR count). The fraction of sp³-hybridized carbons (Fsp3) is 0.353. The van der Waals surface area contributed by atoms with E-state index in [0.717, 1.165) is 34.0 Å². The standard InChI is InChI=1S/C17H20Br2N2/c1-3-12-5-7-13(8-6-12)9-16(20-4-2)17-15(19)10-14(18)11-21-17/h5-8,10-11,16,20H,3-4,9H2,1-2H3. The number of hydrogen-bond acceptors (Lipinski definition) is 2. The van der Waals surface area contributed by atoms with E-state index in [-0.39, 0.29) is 6.04 Å². The van der Waals surface area contributed by atoms with Gasteiger partial charge in [0, 0.05) is 15.1 Å². The highest BCUT2D eigenvalue weighted by Gasteiger charge is 2.16. The van der Waals surface area contributed by atoms with Crippen molar-refractivity contribution in [2.45, 2.75) is 32.7 Å². The van der Waals surface area contributed by atoms with Crippen molar-refractivity contribution in [1.29, 1.82) is 0 Å². The van der Waals surface area contributed by atoms with Crippen LogP contribution in [0, 0.1) is 0 Å². The summed E-state index contributed by atoms with van der Waals surface area (Å²) in [5.74, 6) is 0. The van der Waals surface area contributed by atoms with Gasteiger partial charge < -0.3 is 5.32 Å². The Bertz CT molecular complexity index is 582. The Balaban J connectivity index is 2.21. The molecule has 0 saturated carbocycles. The van der Waals surface area contributed by atoms with Gasteiger partial charge in [-0.15, -0.1) is 0 Å². The summed E-state index contributed by atoms with van der Waals surface area (Å²) in [7, 11) is 0. The van der Waals surface area contributed by atoms with E-state index in [1.807, 2.05) is 12.3 Å². The molecule has 0 amide bonds. The van der Waals surface area contributed by atoms with Crippen molar-refractivity contribution < 1.29 is 0 Å². The van der Waals surface area contributed by atoms with Gasteiger partial charge in [-0.25, -0.2) is 0 Å². The minimum absolute atomic E-state index is 0.213. The van der Waals surface area contributed by atoms with Crippen molar-refractivity contribution in [1.82, 2.24) is 10.3 Å². The SMILES string of the molecule is CCNC(Cc1ccc(CC)cc1)c1ncc(Br)cc1Br. The average Bonchev–Trinajstić information content (AvgIpc) is 2.48. The molecule has 0 bridgehead atoms. The van der Waals surface area contributed by atoms with Crippen LogP contribution in [0.4, 0.5) is 0 Å². The maximum absolute atomic E-state index is 4.57. The number of nitrogens with one attached hydrogen (secondary N) is 1. The average molecular weight is 412 g/mol. The fourth-order valence-corrected chi connectivity index (χ4v) is 3.60. The molecule has 1 heterocycles. The number of pyridine rings is 1. The van der Waals surface area contributed by atoms with Crippen molar-refractivity contribution in [3.8, 4) is 0 Å². The number of rotatable bonds is 6. The molecular weight excluding hydrogens is 392 g/mol. The van der Waals surface area contributed by atoms with Crippen LogP contribution in [0.3, 0.4) is 0 Å². The Morgan fingerprint density at radius 2 is 1.76 bits per heavy atom. The summed E-state index contributed by atoms with van der Waals surface area (Å²) in [4.78, 5) is 4.57. The molecule has 1 N–H and O–H groups in total. The summed E-state index contributed by atoms with van der Waals surface area (Å²) in [6.07, 6.45) is 3.87. The van der Waals surface area contributed by atoms with Crippen molar-refractivity contribution in [3.05, 3.63) is 62.3 Å². The number of aromatic nitrogens is 1. The van der Waals surface area contributed by atoms with Crippen LogP contribution in [0.25, 0.3) is 0 Å². The second kappa shape index (κ2) is 8.06. The first-order valence-electron chi connectivity index (χ1n) is 7.26. The Kier molecular flexibility index (Phi) is 6.40. The molecule has 2 nitrogen and oxygen atoms in total. The first-order valence-corrected chi connectivity index (χ1v) is 8.84. The normalized spacial score (nSPS) is 12.4. The van der Waals surface area contributed by atoms with E-state index in [2.05, 4.69) is 80.3 Å². The molecule has 21 heavy (non-hydrogen) atoms. The van der Waals surface area contributed by atoms with E-state index in [1.54, 1.807) is 0 Å². The summed E-state index contributed by atoms with van der Waals surface area (Å²) in [5, 5.41) is 3.53. The molecule has 0 fully saturated rings. The van der Waals surface area contributed by atoms with Crippen LogP contribution in [-0.2, 0) is 12.8 Å². The second-order valence-electron chi connectivity index (χ2n) is 5.01. The van der Waals surface area contributed by atoms with E-state index in [9.17, 15) is 0 Å².